The first kappa shape index (κ1) is 27.1. The van der Waals surface area contributed by atoms with Gasteiger partial charge < -0.3 is 30.7 Å². The molecule has 1 aromatic heterocycles. The number of hydrogen-bond donors (Lipinski definition) is 5. The van der Waals surface area contributed by atoms with E-state index in [9.17, 15) is 23.9 Å². The molecule has 0 bridgehead atoms. The van der Waals surface area contributed by atoms with Crippen molar-refractivity contribution in [2.45, 2.75) is 25.4 Å². The number of benzene rings is 3. The predicted octanol–water partition coefficient (Wildman–Crippen LogP) is 4.30. The topological polar surface area (TPSA) is 146 Å². The minimum Gasteiger partial charge on any atom is -0.465 e. The lowest BCUT2D eigenvalue weighted by Gasteiger charge is -2.18. The number of fused-ring (bicyclic) bond motifs is 1. The highest BCUT2D eigenvalue weighted by molar-refractivity contribution is 5.95. The summed E-state index contributed by atoms with van der Waals surface area (Å²) in [4.78, 5) is 39.8. The molecule has 0 spiro atoms. The van der Waals surface area contributed by atoms with Crippen molar-refractivity contribution in [3.8, 4) is 11.1 Å². The quantitative estimate of drug-likeness (QED) is 0.182. The number of nitrogens with one attached hydrogen (secondary N) is 3. The van der Waals surface area contributed by atoms with E-state index < -0.39 is 24.1 Å². The van der Waals surface area contributed by atoms with Crippen LogP contribution in [0, 0.1) is 5.82 Å². The van der Waals surface area contributed by atoms with Gasteiger partial charge in [-0.25, -0.2) is 19.0 Å². The van der Waals surface area contributed by atoms with Crippen LogP contribution in [0.15, 0.2) is 72.8 Å². The van der Waals surface area contributed by atoms with Gasteiger partial charge in [-0.15, -0.1) is 0 Å². The lowest BCUT2D eigenvalue weighted by atomic mass is 10.1. The molecule has 0 fully saturated rings. The van der Waals surface area contributed by atoms with Crippen LogP contribution in [0.4, 0.5) is 14.0 Å². The molecule has 0 aliphatic carbocycles. The fraction of sp³-hybridized carbons (Fsp3) is 0.214. The molecule has 4 aromatic rings. The summed E-state index contributed by atoms with van der Waals surface area (Å²) in [7, 11) is 0. The molecule has 1 unspecified atom stereocenters. The van der Waals surface area contributed by atoms with E-state index in [1.165, 1.54) is 12.1 Å². The molecular formula is C28H28FN5O5. The summed E-state index contributed by atoms with van der Waals surface area (Å²) in [6.07, 6.45) is -1.71. The number of carbonyl (C=O) groups excluding carboxylic acids is 1. The number of nitrogens with zero attached hydrogens (tertiary/aromatic N) is 2. The fourth-order valence-corrected chi connectivity index (χ4v) is 4.28. The molecule has 1 atom stereocenters. The number of imidazole rings is 1. The first-order valence-electron chi connectivity index (χ1n) is 12.3. The summed E-state index contributed by atoms with van der Waals surface area (Å²) in [6.45, 7) is 0.516. The number of carbonyl (C=O) groups is 3. The second-order valence-corrected chi connectivity index (χ2v) is 8.95. The van der Waals surface area contributed by atoms with Gasteiger partial charge in [0, 0.05) is 25.7 Å². The Morgan fingerprint density at radius 3 is 2.31 bits per heavy atom. The molecular weight excluding hydrogens is 505 g/mol. The van der Waals surface area contributed by atoms with Gasteiger partial charge >= 0.3 is 12.2 Å². The minimum absolute atomic E-state index is 0.00637. The highest BCUT2D eigenvalue weighted by Crippen LogP contribution is 2.26. The van der Waals surface area contributed by atoms with Crippen molar-refractivity contribution in [2.75, 3.05) is 13.1 Å². The maximum Gasteiger partial charge on any atom is 0.404 e. The molecule has 3 aromatic carbocycles. The van der Waals surface area contributed by atoms with Crippen LogP contribution in [-0.2, 0) is 6.54 Å². The lowest BCUT2D eigenvalue weighted by Crippen LogP contribution is -2.44. The lowest BCUT2D eigenvalue weighted by molar-refractivity contribution is 0.0933. The summed E-state index contributed by atoms with van der Waals surface area (Å²) >= 11 is 0. The Kier molecular flexibility index (Phi) is 8.72. The van der Waals surface area contributed by atoms with Gasteiger partial charge in [0.2, 0.25) is 0 Å². The molecule has 0 radical (unpaired) electrons. The molecule has 0 saturated carbocycles. The Bertz CT molecular complexity index is 1460. The molecule has 10 nitrogen and oxygen atoms in total. The normalized spacial score (nSPS) is 11.6. The van der Waals surface area contributed by atoms with Crippen molar-refractivity contribution < 1.29 is 29.0 Å². The zero-order valence-electron chi connectivity index (χ0n) is 20.9. The fourth-order valence-electron chi connectivity index (χ4n) is 4.28. The standard InChI is InChI=1S/C28H28FN5O5/c29-21-11-8-19(9-12-21)20-10-13-23-24(15-20)34(17-18-5-2-1-3-6-18)25(33-23)26(35)31-16-22(32-28(38)39)7-4-14-30-27(36)37/h1-3,5-6,8-13,15,22,30,32H,4,7,14,16-17H2,(H,31,35)(H,36,37)(H,38,39). The Hall–Kier alpha value is -4.93. The van der Waals surface area contributed by atoms with Crippen LogP contribution in [0.2, 0.25) is 0 Å². The third-order valence-corrected chi connectivity index (χ3v) is 6.15. The number of amides is 3. The average molecular weight is 534 g/mol. The third-order valence-electron chi connectivity index (χ3n) is 6.15. The number of hydrogen-bond acceptors (Lipinski definition) is 4. The van der Waals surface area contributed by atoms with E-state index in [1.807, 2.05) is 42.5 Å². The highest BCUT2D eigenvalue weighted by Gasteiger charge is 2.20. The molecule has 4 rings (SSSR count). The molecule has 11 heteroatoms. The van der Waals surface area contributed by atoms with E-state index in [-0.39, 0.29) is 24.7 Å². The number of aromatic nitrogens is 2. The van der Waals surface area contributed by atoms with Crippen molar-refractivity contribution >= 4 is 29.1 Å². The van der Waals surface area contributed by atoms with Gasteiger partial charge in [-0.05, 0) is 53.8 Å². The van der Waals surface area contributed by atoms with Crippen molar-refractivity contribution in [1.29, 1.82) is 0 Å². The van der Waals surface area contributed by atoms with Crippen molar-refractivity contribution in [3.05, 3.63) is 90.0 Å². The third kappa shape index (κ3) is 7.31. The Morgan fingerprint density at radius 2 is 1.62 bits per heavy atom. The molecule has 0 aliphatic rings. The largest absolute Gasteiger partial charge is 0.465 e. The van der Waals surface area contributed by atoms with E-state index in [1.54, 1.807) is 22.8 Å². The number of rotatable bonds is 11. The first-order valence-corrected chi connectivity index (χ1v) is 12.3. The summed E-state index contributed by atoms with van der Waals surface area (Å²) in [6, 6.07) is 20.7. The van der Waals surface area contributed by atoms with Crippen LogP contribution in [0.3, 0.4) is 0 Å². The van der Waals surface area contributed by atoms with Crippen LogP contribution in [-0.4, -0.2) is 57.0 Å². The van der Waals surface area contributed by atoms with Crippen LogP contribution >= 0.6 is 0 Å². The van der Waals surface area contributed by atoms with Crippen LogP contribution < -0.4 is 16.0 Å². The molecule has 0 saturated heterocycles. The monoisotopic (exact) mass is 533 g/mol. The summed E-state index contributed by atoms with van der Waals surface area (Å²) in [5.41, 5.74) is 3.92. The summed E-state index contributed by atoms with van der Waals surface area (Å²) in [5.74, 6) is -0.653. The molecule has 202 valence electrons. The molecule has 5 N–H and O–H groups in total. The Morgan fingerprint density at radius 1 is 0.897 bits per heavy atom. The highest BCUT2D eigenvalue weighted by atomic mass is 19.1. The van der Waals surface area contributed by atoms with Gasteiger partial charge in [0.1, 0.15) is 5.82 Å². The van der Waals surface area contributed by atoms with E-state index in [0.29, 0.717) is 30.4 Å². The first-order chi connectivity index (χ1) is 18.8. The van der Waals surface area contributed by atoms with Gasteiger partial charge in [0.25, 0.3) is 5.91 Å². The van der Waals surface area contributed by atoms with E-state index >= 15 is 0 Å². The van der Waals surface area contributed by atoms with Crippen molar-refractivity contribution in [2.24, 2.45) is 0 Å². The SMILES string of the molecule is O=C(O)NCCCC(CNC(=O)c1nc2ccc(-c3ccc(F)cc3)cc2n1Cc1ccccc1)NC(=O)O. The van der Waals surface area contributed by atoms with E-state index in [2.05, 4.69) is 20.9 Å². The van der Waals surface area contributed by atoms with Crippen LogP contribution in [0.25, 0.3) is 22.2 Å². The second-order valence-electron chi connectivity index (χ2n) is 8.95. The maximum atomic E-state index is 13.4. The van der Waals surface area contributed by atoms with Crippen LogP contribution in [0.5, 0.6) is 0 Å². The van der Waals surface area contributed by atoms with Crippen molar-refractivity contribution in [1.82, 2.24) is 25.5 Å². The summed E-state index contributed by atoms with van der Waals surface area (Å²) < 4.78 is 15.2. The predicted molar refractivity (Wildman–Crippen MR) is 143 cm³/mol. The van der Waals surface area contributed by atoms with E-state index in [0.717, 1.165) is 16.7 Å². The molecule has 0 aliphatic heterocycles. The minimum atomic E-state index is -1.25. The number of carboxylic acid groups (broad SMARTS) is 2. The van der Waals surface area contributed by atoms with Gasteiger partial charge in [0.05, 0.1) is 11.0 Å². The van der Waals surface area contributed by atoms with Gasteiger partial charge in [-0.1, -0.05) is 48.5 Å². The Balaban J connectivity index is 1.60. The Labute approximate surface area is 223 Å². The van der Waals surface area contributed by atoms with Crippen molar-refractivity contribution in [3.63, 3.8) is 0 Å². The number of halogens is 1. The molecule has 39 heavy (non-hydrogen) atoms. The van der Waals surface area contributed by atoms with Gasteiger partial charge in [-0.2, -0.15) is 0 Å². The molecule has 1 heterocycles. The zero-order valence-corrected chi connectivity index (χ0v) is 20.9. The summed E-state index contributed by atoms with van der Waals surface area (Å²) in [5, 5.41) is 25.2. The van der Waals surface area contributed by atoms with Gasteiger partial charge in [0.15, 0.2) is 5.82 Å². The van der Waals surface area contributed by atoms with Crippen LogP contribution in [0.1, 0.15) is 29.0 Å². The zero-order chi connectivity index (χ0) is 27.8. The smallest absolute Gasteiger partial charge is 0.404 e. The maximum absolute atomic E-state index is 13.4. The second kappa shape index (κ2) is 12.5. The van der Waals surface area contributed by atoms with Gasteiger partial charge in [-0.3, -0.25) is 4.79 Å². The average Bonchev–Trinajstić information content (AvgIpc) is 3.27. The molecule has 3 amide bonds. The van der Waals surface area contributed by atoms with E-state index in [4.69, 9.17) is 5.11 Å².